The molecule has 0 unspecified atom stereocenters. The van der Waals surface area contributed by atoms with Gasteiger partial charge in [-0.15, -0.1) is 0 Å². The molecule has 5 aliphatic rings. The molecule has 5 saturated carbocycles. The van der Waals surface area contributed by atoms with Gasteiger partial charge in [0.25, 0.3) is 0 Å². The van der Waals surface area contributed by atoms with Gasteiger partial charge in [-0.05, 0) is 74.0 Å². The lowest BCUT2D eigenvalue weighted by atomic mass is 9.46. The highest BCUT2D eigenvalue weighted by Crippen LogP contribution is 2.81. The maximum atomic E-state index is 12.4. The third-order valence-corrected chi connectivity index (χ3v) is 9.28. The van der Waals surface area contributed by atoms with Gasteiger partial charge in [-0.25, -0.2) is 0 Å². The fraction of sp³-hybridized carbons (Fsp3) is 0.947. The molecule has 0 saturated heterocycles. The number of aliphatic hydroxyl groups is 1. The summed E-state index contributed by atoms with van der Waals surface area (Å²) in [6.45, 7) is 4.73. The predicted octanol–water partition coefficient (Wildman–Crippen LogP) is 3.57. The van der Waals surface area contributed by atoms with Gasteiger partial charge in [-0.3, -0.25) is 4.79 Å². The van der Waals surface area contributed by atoms with Crippen molar-refractivity contribution in [3.8, 4) is 0 Å². The van der Waals surface area contributed by atoms with E-state index >= 15 is 0 Å². The molecular formula is C19H28O2. The molecule has 8 atom stereocenters. The lowest BCUT2D eigenvalue weighted by Crippen LogP contribution is -2.56. The molecule has 21 heavy (non-hydrogen) atoms. The number of rotatable bonds is 0. The van der Waals surface area contributed by atoms with Crippen LogP contribution in [0.5, 0.6) is 0 Å². The van der Waals surface area contributed by atoms with Crippen LogP contribution >= 0.6 is 0 Å². The molecule has 5 fully saturated rings. The summed E-state index contributed by atoms with van der Waals surface area (Å²) < 4.78 is 0. The monoisotopic (exact) mass is 288 g/mol. The molecule has 116 valence electrons. The van der Waals surface area contributed by atoms with Crippen molar-refractivity contribution in [3.63, 3.8) is 0 Å². The molecule has 0 radical (unpaired) electrons. The van der Waals surface area contributed by atoms with E-state index in [1.165, 1.54) is 25.7 Å². The van der Waals surface area contributed by atoms with Crippen molar-refractivity contribution in [2.75, 3.05) is 0 Å². The average Bonchev–Trinajstić information content (AvgIpc) is 3.01. The quantitative estimate of drug-likeness (QED) is 0.740. The Morgan fingerprint density at radius 1 is 1.10 bits per heavy atom. The molecule has 0 aliphatic heterocycles. The second-order valence-electron chi connectivity index (χ2n) is 9.44. The molecule has 0 amide bonds. The Bertz CT molecular complexity index is 528. The lowest BCUT2D eigenvalue weighted by Gasteiger charge is -2.59. The van der Waals surface area contributed by atoms with Gasteiger partial charge < -0.3 is 5.11 Å². The SMILES string of the molecule is C[C@]12CC[C@@H]3[C@H](C[C@H](O)[C@]45C[C@@H]4CC[C@]35C)[C@H]1CCC2=O. The normalized spacial score (nSPS) is 64.5. The van der Waals surface area contributed by atoms with Gasteiger partial charge in [0.15, 0.2) is 0 Å². The average molecular weight is 288 g/mol. The molecule has 1 spiro atoms. The van der Waals surface area contributed by atoms with Crippen LogP contribution in [-0.4, -0.2) is 17.0 Å². The van der Waals surface area contributed by atoms with Crippen LogP contribution in [0.1, 0.15) is 65.2 Å². The molecule has 5 aliphatic carbocycles. The van der Waals surface area contributed by atoms with Gasteiger partial charge in [-0.1, -0.05) is 13.8 Å². The highest BCUT2D eigenvalue weighted by atomic mass is 16.3. The molecule has 1 N–H and O–H groups in total. The van der Waals surface area contributed by atoms with Crippen LogP contribution in [0.2, 0.25) is 0 Å². The lowest BCUT2D eigenvalue weighted by molar-refractivity contribution is -0.154. The Morgan fingerprint density at radius 3 is 2.67 bits per heavy atom. The second kappa shape index (κ2) is 3.58. The minimum Gasteiger partial charge on any atom is -0.393 e. The zero-order chi connectivity index (χ0) is 14.6. The highest BCUT2D eigenvalue weighted by Gasteiger charge is 2.77. The van der Waals surface area contributed by atoms with Gasteiger partial charge in [0, 0.05) is 17.3 Å². The summed E-state index contributed by atoms with van der Waals surface area (Å²) >= 11 is 0. The van der Waals surface area contributed by atoms with Crippen molar-refractivity contribution in [3.05, 3.63) is 0 Å². The van der Waals surface area contributed by atoms with E-state index < -0.39 is 0 Å². The number of carbonyl (C=O) groups excluding carboxylic acids is 1. The predicted molar refractivity (Wildman–Crippen MR) is 80.6 cm³/mol. The number of fused-ring (bicyclic) bond motifs is 4. The fourth-order valence-electron chi connectivity index (χ4n) is 8.08. The molecule has 0 aromatic rings. The summed E-state index contributed by atoms with van der Waals surface area (Å²) in [5.41, 5.74) is 0.598. The van der Waals surface area contributed by atoms with E-state index in [-0.39, 0.29) is 16.9 Å². The standard InChI is InChI=1S/C19H28O2/c1-17-7-6-14-12(13(17)3-4-15(17)20)9-16(21)19-10-11(19)5-8-18(14,19)2/h11-14,16,21H,3-10H2,1-2H3/t11-,12+,13+,14+,16-,17-,18+,19-/m0/s1. The van der Waals surface area contributed by atoms with Gasteiger partial charge in [0.1, 0.15) is 5.78 Å². The minimum atomic E-state index is -0.0886. The number of ketones is 1. The zero-order valence-corrected chi connectivity index (χ0v) is 13.4. The van der Waals surface area contributed by atoms with Gasteiger partial charge >= 0.3 is 0 Å². The number of carbonyl (C=O) groups is 1. The summed E-state index contributed by atoms with van der Waals surface area (Å²) in [4.78, 5) is 12.4. The molecule has 0 heterocycles. The number of hydrogen-bond acceptors (Lipinski definition) is 2. The first kappa shape index (κ1) is 13.1. The molecule has 0 aromatic carbocycles. The van der Waals surface area contributed by atoms with Crippen molar-refractivity contribution in [2.24, 2.45) is 39.9 Å². The van der Waals surface area contributed by atoms with Crippen LogP contribution in [0.3, 0.4) is 0 Å². The van der Waals surface area contributed by atoms with Crippen LogP contribution < -0.4 is 0 Å². The molecule has 2 nitrogen and oxygen atoms in total. The Morgan fingerprint density at radius 2 is 1.90 bits per heavy atom. The van der Waals surface area contributed by atoms with Crippen molar-refractivity contribution >= 4 is 5.78 Å². The van der Waals surface area contributed by atoms with Gasteiger partial charge in [0.2, 0.25) is 0 Å². The first-order valence-electron chi connectivity index (χ1n) is 9.15. The van der Waals surface area contributed by atoms with E-state index in [2.05, 4.69) is 13.8 Å². The summed E-state index contributed by atoms with van der Waals surface area (Å²) in [5, 5.41) is 11.0. The number of Topliss-reactive ketones (excluding diaryl/α,β-unsaturated/α-hetero) is 1. The molecular weight excluding hydrogens is 260 g/mol. The van der Waals surface area contributed by atoms with E-state index in [9.17, 15) is 9.90 Å². The summed E-state index contributed by atoms with van der Waals surface area (Å²) in [5.74, 6) is 3.28. The van der Waals surface area contributed by atoms with Gasteiger partial charge in [0.05, 0.1) is 6.10 Å². The summed E-state index contributed by atoms with van der Waals surface area (Å²) in [7, 11) is 0. The van der Waals surface area contributed by atoms with E-state index in [1.54, 1.807) is 0 Å². The van der Waals surface area contributed by atoms with Crippen molar-refractivity contribution in [1.82, 2.24) is 0 Å². The van der Waals surface area contributed by atoms with Crippen molar-refractivity contribution in [1.29, 1.82) is 0 Å². The number of hydrogen-bond donors (Lipinski definition) is 1. The van der Waals surface area contributed by atoms with Crippen molar-refractivity contribution < 1.29 is 9.90 Å². The zero-order valence-electron chi connectivity index (χ0n) is 13.4. The molecule has 0 aromatic heterocycles. The van der Waals surface area contributed by atoms with Crippen LogP contribution in [0, 0.1) is 39.9 Å². The summed E-state index contributed by atoms with van der Waals surface area (Å²) in [6.07, 6.45) is 9.10. The van der Waals surface area contributed by atoms with E-state index in [1.807, 2.05) is 0 Å². The van der Waals surface area contributed by atoms with Crippen molar-refractivity contribution in [2.45, 2.75) is 71.3 Å². The Hall–Kier alpha value is -0.370. The van der Waals surface area contributed by atoms with E-state index in [0.717, 1.165) is 37.5 Å². The Balaban J connectivity index is 1.57. The van der Waals surface area contributed by atoms with Crippen LogP contribution in [0.25, 0.3) is 0 Å². The maximum absolute atomic E-state index is 12.4. The van der Waals surface area contributed by atoms with Gasteiger partial charge in [-0.2, -0.15) is 0 Å². The second-order valence-corrected chi connectivity index (χ2v) is 9.44. The van der Waals surface area contributed by atoms with E-state index in [0.29, 0.717) is 23.0 Å². The third kappa shape index (κ3) is 1.22. The smallest absolute Gasteiger partial charge is 0.139 e. The first-order valence-corrected chi connectivity index (χ1v) is 9.15. The largest absolute Gasteiger partial charge is 0.393 e. The maximum Gasteiger partial charge on any atom is 0.139 e. The highest BCUT2D eigenvalue weighted by molar-refractivity contribution is 5.87. The Labute approximate surface area is 127 Å². The van der Waals surface area contributed by atoms with Crippen LogP contribution in [0.4, 0.5) is 0 Å². The first-order chi connectivity index (χ1) is 9.93. The number of aliphatic hydroxyl groups excluding tert-OH is 1. The molecule has 5 rings (SSSR count). The van der Waals surface area contributed by atoms with Crippen LogP contribution in [0.15, 0.2) is 0 Å². The fourth-order valence-corrected chi connectivity index (χ4v) is 8.08. The minimum absolute atomic E-state index is 0.0523. The summed E-state index contributed by atoms with van der Waals surface area (Å²) in [6, 6.07) is 0. The third-order valence-electron chi connectivity index (χ3n) is 9.28. The van der Waals surface area contributed by atoms with Crippen LogP contribution in [-0.2, 0) is 4.79 Å². The molecule has 0 bridgehead atoms. The topological polar surface area (TPSA) is 37.3 Å². The van der Waals surface area contributed by atoms with E-state index in [4.69, 9.17) is 0 Å². The molecule has 2 heteroatoms. The Kier molecular flexibility index (Phi) is 2.23.